The van der Waals surface area contributed by atoms with Crippen LogP contribution < -0.4 is 14.8 Å². The van der Waals surface area contributed by atoms with Crippen molar-refractivity contribution in [3.8, 4) is 11.5 Å². The van der Waals surface area contributed by atoms with E-state index in [4.69, 9.17) is 9.47 Å². The number of thioether (sulfide) groups is 1. The molecule has 1 aromatic heterocycles. The van der Waals surface area contributed by atoms with Crippen molar-refractivity contribution in [2.24, 2.45) is 4.99 Å². The van der Waals surface area contributed by atoms with E-state index in [1.54, 1.807) is 44.8 Å². The highest BCUT2D eigenvalue weighted by Crippen LogP contribution is 2.31. The number of carbonyl (C=O) groups is 1. The molecule has 122 valence electrons. The third kappa shape index (κ3) is 3.75. The predicted octanol–water partition coefficient (Wildman–Crippen LogP) is 3.63. The van der Waals surface area contributed by atoms with Crippen LogP contribution in [-0.4, -0.2) is 30.3 Å². The molecule has 0 aliphatic carbocycles. The Labute approximate surface area is 143 Å². The van der Waals surface area contributed by atoms with Crippen molar-refractivity contribution >= 4 is 34.6 Å². The van der Waals surface area contributed by atoms with E-state index in [1.165, 1.54) is 0 Å². The van der Waals surface area contributed by atoms with Crippen LogP contribution in [0.5, 0.6) is 11.5 Å². The summed E-state index contributed by atoms with van der Waals surface area (Å²) in [4.78, 5) is 21.0. The van der Waals surface area contributed by atoms with Gasteiger partial charge in [0.1, 0.15) is 17.3 Å². The Morgan fingerprint density at radius 1 is 1.12 bits per heavy atom. The summed E-state index contributed by atoms with van der Waals surface area (Å²) in [5, 5.41) is 2.59. The smallest absolute Gasteiger partial charge is 0.289 e. The Bertz CT molecular complexity index is 797. The summed E-state index contributed by atoms with van der Waals surface area (Å²) in [7, 11) is 3.15. The lowest BCUT2D eigenvalue weighted by Gasteiger charge is -2.06. The summed E-state index contributed by atoms with van der Waals surface area (Å²) < 4.78 is 10.5. The molecule has 0 saturated carbocycles. The lowest BCUT2D eigenvalue weighted by molar-refractivity contribution is 0.265. The maximum Gasteiger partial charge on any atom is 0.289 e. The SMILES string of the molecule is COc1cc(N=C2NC(=O)SC2=Cc2ccncc2)cc(OC)c1. The monoisotopic (exact) mass is 341 g/mol. The normalized spacial score (nSPS) is 17.2. The minimum absolute atomic E-state index is 0.163. The van der Waals surface area contributed by atoms with Gasteiger partial charge in [0.05, 0.1) is 24.8 Å². The van der Waals surface area contributed by atoms with E-state index in [0.29, 0.717) is 23.0 Å². The summed E-state index contributed by atoms with van der Waals surface area (Å²) in [6.07, 6.45) is 5.29. The fraction of sp³-hybridized carbons (Fsp3) is 0.118. The second-order valence-corrected chi connectivity index (χ2v) is 5.85. The average molecular weight is 341 g/mol. The number of hydrogen-bond acceptors (Lipinski definition) is 6. The molecular weight excluding hydrogens is 326 g/mol. The van der Waals surface area contributed by atoms with Crippen molar-refractivity contribution in [2.45, 2.75) is 0 Å². The third-order valence-corrected chi connectivity index (χ3v) is 4.06. The van der Waals surface area contributed by atoms with E-state index in [1.807, 2.05) is 18.2 Å². The molecule has 1 aliphatic rings. The van der Waals surface area contributed by atoms with Gasteiger partial charge in [-0.15, -0.1) is 0 Å². The van der Waals surface area contributed by atoms with Crippen LogP contribution in [0.25, 0.3) is 6.08 Å². The van der Waals surface area contributed by atoms with Crippen LogP contribution in [0.1, 0.15) is 5.56 Å². The number of hydrogen-bond donors (Lipinski definition) is 1. The van der Waals surface area contributed by atoms with Crippen LogP contribution in [0, 0.1) is 0 Å². The zero-order valence-electron chi connectivity index (χ0n) is 13.1. The lowest BCUT2D eigenvalue weighted by Crippen LogP contribution is -2.18. The molecule has 6 nitrogen and oxygen atoms in total. The van der Waals surface area contributed by atoms with Crippen LogP contribution >= 0.6 is 11.8 Å². The van der Waals surface area contributed by atoms with Gasteiger partial charge in [0.25, 0.3) is 5.24 Å². The van der Waals surface area contributed by atoms with E-state index >= 15 is 0 Å². The Morgan fingerprint density at radius 3 is 2.42 bits per heavy atom. The Hall–Kier alpha value is -2.80. The van der Waals surface area contributed by atoms with Crippen LogP contribution in [0.2, 0.25) is 0 Å². The van der Waals surface area contributed by atoms with Crippen molar-refractivity contribution in [2.75, 3.05) is 14.2 Å². The van der Waals surface area contributed by atoms with Crippen molar-refractivity contribution in [1.82, 2.24) is 10.3 Å². The van der Waals surface area contributed by atoms with Gasteiger partial charge in [0.2, 0.25) is 0 Å². The molecule has 24 heavy (non-hydrogen) atoms. The van der Waals surface area contributed by atoms with Gasteiger partial charge in [0.15, 0.2) is 0 Å². The second-order valence-electron chi connectivity index (χ2n) is 4.83. The Balaban J connectivity index is 1.98. The van der Waals surface area contributed by atoms with Gasteiger partial charge in [-0.2, -0.15) is 0 Å². The minimum Gasteiger partial charge on any atom is -0.497 e. The first kappa shape index (κ1) is 16.1. The fourth-order valence-corrected chi connectivity index (χ4v) is 2.85. The number of benzene rings is 1. The first-order chi connectivity index (χ1) is 11.7. The van der Waals surface area contributed by atoms with Gasteiger partial charge >= 0.3 is 0 Å². The standard InChI is InChI=1S/C17H15N3O3S/c1-22-13-8-12(9-14(10-13)23-2)19-16-15(24-17(21)20-16)7-11-3-5-18-6-4-11/h3-10H,1-2H3,(H,19,20,21). The number of carbonyl (C=O) groups excluding carboxylic acids is 1. The molecule has 0 bridgehead atoms. The highest BCUT2D eigenvalue weighted by molar-refractivity contribution is 8.18. The number of rotatable bonds is 4. The fourth-order valence-electron chi connectivity index (χ4n) is 2.11. The number of aliphatic imine (C=N–C) groups is 1. The molecule has 2 heterocycles. The average Bonchev–Trinajstić information content (AvgIpc) is 2.94. The first-order valence-electron chi connectivity index (χ1n) is 7.10. The van der Waals surface area contributed by atoms with Crippen LogP contribution in [-0.2, 0) is 0 Å². The molecule has 7 heteroatoms. The van der Waals surface area contributed by atoms with Gasteiger partial charge < -0.3 is 14.8 Å². The number of ether oxygens (including phenoxy) is 2. The summed E-state index contributed by atoms with van der Waals surface area (Å²) in [5.74, 6) is 1.76. The van der Waals surface area contributed by atoms with Gasteiger partial charge in [0, 0.05) is 30.6 Å². The molecule has 1 fully saturated rings. The number of amides is 1. The van der Waals surface area contributed by atoms with E-state index in [9.17, 15) is 4.79 Å². The molecule has 3 rings (SSSR count). The van der Waals surface area contributed by atoms with Gasteiger partial charge in [-0.05, 0) is 35.5 Å². The lowest BCUT2D eigenvalue weighted by atomic mass is 10.2. The third-order valence-electron chi connectivity index (χ3n) is 3.24. The van der Waals surface area contributed by atoms with Gasteiger partial charge in [-0.3, -0.25) is 9.78 Å². The van der Waals surface area contributed by atoms with Crippen molar-refractivity contribution in [3.05, 3.63) is 53.2 Å². The highest BCUT2D eigenvalue weighted by atomic mass is 32.2. The zero-order valence-corrected chi connectivity index (χ0v) is 14.0. The van der Waals surface area contributed by atoms with Gasteiger partial charge in [-0.1, -0.05) is 0 Å². The maximum absolute atomic E-state index is 11.8. The molecule has 0 unspecified atom stereocenters. The van der Waals surface area contributed by atoms with Crippen LogP contribution in [0.4, 0.5) is 10.5 Å². The Kier molecular flexibility index (Phi) is 4.81. The molecule has 1 aliphatic heterocycles. The number of nitrogens with zero attached hydrogens (tertiary/aromatic N) is 2. The quantitative estimate of drug-likeness (QED) is 0.919. The van der Waals surface area contributed by atoms with E-state index in [0.717, 1.165) is 22.2 Å². The summed E-state index contributed by atoms with van der Waals surface area (Å²) >= 11 is 1.11. The molecule has 1 amide bonds. The molecule has 2 aromatic rings. The number of aromatic nitrogens is 1. The summed E-state index contributed by atoms with van der Waals surface area (Å²) in [6.45, 7) is 0. The summed E-state index contributed by atoms with van der Waals surface area (Å²) in [6, 6.07) is 9.04. The largest absolute Gasteiger partial charge is 0.497 e. The van der Waals surface area contributed by atoms with E-state index < -0.39 is 0 Å². The number of methoxy groups -OCH3 is 2. The zero-order chi connectivity index (χ0) is 16.9. The van der Waals surface area contributed by atoms with E-state index in [2.05, 4.69) is 15.3 Å². The molecule has 0 atom stereocenters. The first-order valence-corrected chi connectivity index (χ1v) is 7.92. The maximum atomic E-state index is 11.8. The molecule has 1 saturated heterocycles. The summed E-state index contributed by atoms with van der Waals surface area (Å²) in [5.41, 5.74) is 1.57. The van der Waals surface area contributed by atoms with E-state index in [-0.39, 0.29) is 5.24 Å². The molecule has 1 N–H and O–H groups in total. The number of nitrogens with one attached hydrogen (secondary N) is 1. The second kappa shape index (κ2) is 7.18. The number of amidine groups is 1. The Morgan fingerprint density at radius 2 is 1.79 bits per heavy atom. The topological polar surface area (TPSA) is 72.8 Å². The van der Waals surface area contributed by atoms with Crippen molar-refractivity contribution in [1.29, 1.82) is 0 Å². The molecule has 1 aromatic carbocycles. The highest BCUT2D eigenvalue weighted by Gasteiger charge is 2.23. The molecule has 0 radical (unpaired) electrons. The predicted molar refractivity (Wildman–Crippen MR) is 95.0 cm³/mol. The molecule has 0 spiro atoms. The van der Waals surface area contributed by atoms with Crippen molar-refractivity contribution in [3.63, 3.8) is 0 Å². The molecular formula is C17H15N3O3S. The minimum atomic E-state index is -0.163. The van der Waals surface area contributed by atoms with Gasteiger partial charge in [-0.25, -0.2) is 4.99 Å². The van der Waals surface area contributed by atoms with Crippen molar-refractivity contribution < 1.29 is 14.3 Å². The van der Waals surface area contributed by atoms with Crippen LogP contribution in [0.3, 0.4) is 0 Å². The number of pyridine rings is 1. The van der Waals surface area contributed by atoms with Crippen LogP contribution in [0.15, 0.2) is 52.6 Å².